The van der Waals surface area contributed by atoms with Crippen molar-refractivity contribution < 1.29 is 20.1 Å². The van der Waals surface area contributed by atoms with E-state index < -0.39 is 17.9 Å². The molecule has 0 fully saturated rings. The molecule has 0 heterocycles. The van der Waals surface area contributed by atoms with Crippen LogP contribution in [-0.4, -0.2) is 27.3 Å². The van der Waals surface area contributed by atoms with Crippen LogP contribution in [0.15, 0.2) is 18.2 Å². The second-order valence-electron chi connectivity index (χ2n) is 3.37. The van der Waals surface area contributed by atoms with E-state index in [2.05, 4.69) is 0 Å². The van der Waals surface area contributed by atoms with Crippen LogP contribution in [-0.2, 0) is 4.79 Å². The SMILES string of the molecule is CC(c1cccc(O)c1O)C(N)C(=O)O. The minimum Gasteiger partial charge on any atom is -0.504 e. The van der Waals surface area contributed by atoms with Gasteiger partial charge in [-0.05, 0) is 6.07 Å². The third-order valence-electron chi connectivity index (χ3n) is 2.36. The summed E-state index contributed by atoms with van der Waals surface area (Å²) >= 11 is 0. The van der Waals surface area contributed by atoms with Crippen LogP contribution in [0.3, 0.4) is 0 Å². The van der Waals surface area contributed by atoms with E-state index >= 15 is 0 Å². The lowest BCUT2D eigenvalue weighted by Crippen LogP contribution is -2.35. The first-order chi connectivity index (χ1) is 6.95. The predicted molar refractivity (Wildman–Crippen MR) is 53.8 cm³/mol. The van der Waals surface area contributed by atoms with Crippen LogP contribution in [0.4, 0.5) is 0 Å². The Kier molecular flexibility index (Phi) is 3.16. The molecule has 0 aliphatic heterocycles. The van der Waals surface area contributed by atoms with Gasteiger partial charge in [0.25, 0.3) is 0 Å². The maximum atomic E-state index is 10.6. The van der Waals surface area contributed by atoms with Crippen LogP contribution in [0.1, 0.15) is 18.4 Å². The molecule has 0 aliphatic carbocycles. The number of aliphatic carboxylic acids is 1. The van der Waals surface area contributed by atoms with Gasteiger partial charge in [-0.25, -0.2) is 0 Å². The zero-order valence-electron chi connectivity index (χ0n) is 8.21. The number of carboxylic acid groups (broad SMARTS) is 1. The van der Waals surface area contributed by atoms with E-state index in [9.17, 15) is 15.0 Å². The minimum absolute atomic E-state index is 0.281. The van der Waals surface area contributed by atoms with Crippen LogP contribution >= 0.6 is 0 Å². The summed E-state index contributed by atoms with van der Waals surface area (Å²) < 4.78 is 0. The van der Waals surface area contributed by atoms with E-state index in [1.54, 1.807) is 6.92 Å². The summed E-state index contributed by atoms with van der Waals surface area (Å²) in [4.78, 5) is 10.6. The topological polar surface area (TPSA) is 104 Å². The molecule has 0 spiro atoms. The Balaban J connectivity index is 3.06. The largest absolute Gasteiger partial charge is 0.504 e. The molecule has 0 aliphatic rings. The molecule has 15 heavy (non-hydrogen) atoms. The van der Waals surface area contributed by atoms with Crippen molar-refractivity contribution in [3.8, 4) is 11.5 Å². The lowest BCUT2D eigenvalue weighted by atomic mass is 9.93. The van der Waals surface area contributed by atoms with Crippen LogP contribution in [0, 0.1) is 0 Å². The fourth-order valence-electron chi connectivity index (χ4n) is 1.32. The van der Waals surface area contributed by atoms with Crippen molar-refractivity contribution in [3.05, 3.63) is 23.8 Å². The standard InChI is InChI=1S/C10H13NO4/c1-5(8(11)10(14)15)6-3-2-4-7(12)9(6)13/h2-5,8,12-13H,11H2,1H3,(H,14,15). The number of phenolic OH excluding ortho intramolecular Hbond substituents is 2. The molecular formula is C10H13NO4. The molecule has 0 saturated carbocycles. The molecule has 1 aromatic carbocycles. The second-order valence-corrected chi connectivity index (χ2v) is 3.37. The van der Waals surface area contributed by atoms with Gasteiger partial charge in [-0.15, -0.1) is 0 Å². The Bertz CT molecular complexity index is 378. The normalized spacial score (nSPS) is 14.5. The quantitative estimate of drug-likeness (QED) is 0.548. The Labute approximate surface area is 86.8 Å². The fourth-order valence-corrected chi connectivity index (χ4v) is 1.32. The van der Waals surface area contributed by atoms with Gasteiger partial charge < -0.3 is 21.1 Å². The van der Waals surface area contributed by atoms with Crippen molar-refractivity contribution >= 4 is 5.97 Å². The zero-order chi connectivity index (χ0) is 11.6. The van der Waals surface area contributed by atoms with E-state index in [0.29, 0.717) is 5.56 Å². The van der Waals surface area contributed by atoms with Crippen molar-refractivity contribution in [1.82, 2.24) is 0 Å². The average Bonchev–Trinajstić information content (AvgIpc) is 2.20. The van der Waals surface area contributed by atoms with Crippen LogP contribution in [0.2, 0.25) is 0 Å². The summed E-state index contributed by atoms with van der Waals surface area (Å²) in [5, 5.41) is 27.4. The highest BCUT2D eigenvalue weighted by molar-refractivity contribution is 5.75. The Hall–Kier alpha value is -1.75. The van der Waals surface area contributed by atoms with E-state index in [0.717, 1.165) is 0 Å². The lowest BCUT2D eigenvalue weighted by Gasteiger charge is -2.17. The van der Waals surface area contributed by atoms with Gasteiger partial charge in [0, 0.05) is 11.5 Å². The monoisotopic (exact) mass is 211 g/mol. The number of nitrogens with two attached hydrogens (primary N) is 1. The van der Waals surface area contributed by atoms with Crippen LogP contribution < -0.4 is 5.73 Å². The summed E-state index contributed by atoms with van der Waals surface area (Å²) in [7, 11) is 0. The number of para-hydroxylation sites is 1. The van der Waals surface area contributed by atoms with Crippen molar-refractivity contribution in [1.29, 1.82) is 0 Å². The van der Waals surface area contributed by atoms with Gasteiger partial charge in [-0.3, -0.25) is 4.79 Å². The molecule has 0 radical (unpaired) electrons. The predicted octanol–water partition coefficient (Wildman–Crippen LogP) is 0.613. The van der Waals surface area contributed by atoms with Crippen LogP contribution in [0.25, 0.3) is 0 Å². The van der Waals surface area contributed by atoms with Crippen molar-refractivity contribution in [3.63, 3.8) is 0 Å². The highest BCUT2D eigenvalue weighted by Crippen LogP contribution is 2.34. The number of phenols is 2. The molecule has 2 atom stereocenters. The molecule has 1 rings (SSSR count). The third kappa shape index (κ3) is 2.19. The van der Waals surface area contributed by atoms with Gasteiger partial charge in [-0.1, -0.05) is 19.1 Å². The van der Waals surface area contributed by atoms with Gasteiger partial charge >= 0.3 is 5.97 Å². The van der Waals surface area contributed by atoms with Gasteiger partial charge in [-0.2, -0.15) is 0 Å². The first-order valence-electron chi connectivity index (χ1n) is 4.44. The minimum atomic E-state index is -1.15. The summed E-state index contributed by atoms with van der Waals surface area (Å²) in [5.74, 6) is -2.32. The number of hydrogen-bond acceptors (Lipinski definition) is 4. The number of hydrogen-bond donors (Lipinski definition) is 4. The number of rotatable bonds is 3. The van der Waals surface area contributed by atoms with Crippen molar-refractivity contribution in [2.24, 2.45) is 5.73 Å². The number of carboxylic acids is 1. The fraction of sp³-hybridized carbons (Fsp3) is 0.300. The van der Waals surface area contributed by atoms with Gasteiger partial charge in [0.05, 0.1) is 0 Å². The Morgan fingerprint density at radius 3 is 2.53 bits per heavy atom. The van der Waals surface area contributed by atoms with Gasteiger partial charge in [0.15, 0.2) is 11.5 Å². The van der Waals surface area contributed by atoms with Crippen molar-refractivity contribution in [2.45, 2.75) is 18.9 Å². The zero-order valence-corrected chi connectivity index (χ0v) is 8.21. The number of carbonyl (C=O) groups is 1. The van der Waals surface area contributed by atoms with E-state index in [1.807, 2.05) is 0 Å². The van der Waals surface area contributed by atoms with E-state index in [-0.39, 0.29) is 11.5 Å². The Morgan fingerprint density at radius 1 is 1.40 bits per heavy atom. The van der Waals surface area contributed by atoms with Gasteiger partial charge in [0.2, 0.25) is 0 Å². The van der Waals surface area contributed by atoms with Crippen molar-refractivity contribution in [2.75, 3.05) is 0 Å². The highest BCUT2D eigenvalue weighted by Gasteiger charge is 2.24. The van der Waals surface area contributed by atoms with Crippen LogP contribution in [0.5, 0.6) is 11.5 Å². The molecule has 0 bridgehead atoms. The van der Waals surface area contributed by atoms with E-state index in [4.69, 9.17) is 10.8 Å². The molecule has 0 amide bonds. The average molecular weight is 211 g/mol. The molecule has 82 valence electrons. The third-order valence-corrected chi connectivity index (χ3v) is 2.36. The molecule has 5 N–H and O–H groups in total. The molecular weight excluding hydrogens is 198 g/mol. The second kappa shape index (κ2) is 4.18. The smallest absolute Gasteiger partial charge is 0.321 e. The molecule has 5 heteroatoms. The maximum Gasteiger partial charge on any atom is 0.321 e. The first-order valence-corrected chi connectivity index (χ1v) is 4.44. The molecule has 0 aromatic heterocycles. The Morgan fingerprint density at radius 2 is 2.00 bits per heavy atom. The number of aromatic hydroxyl groups is 2. The summed E-state index contributed by atoms with van der Waals surface area (Å²) in [6.45, 7) is 1.58. The molecule has 5 nitrogen and oxygen atoms in total. The molecule has 2 unspecified atom stereocenters. The molecule has 1 aromatic rings. The first kappa shape index (κ1) is 11.3. The summed E-state index contributed by atoms with van der Waals surface area (Å²) in [6.07, 6.45) is 0. The summed E-state index contributed by atoms with van der Waals surface area (Å²) in [5.41, 5.74) is 5.74. The lowest BCUT2D eigenvalue weighted by molar-refractivity contribution is -0.139. The van der Waals surface area contributed by atoms with E-state index in [1.165, 1.54) is 18.2 Å². The van der Waals surface area contributed by atoms with Gasteiger partial charge in [0.1, 0.15) is 6.04 Å². The number of benzene rings is 1. The maximum absolute atomic E-state index is 10.6. The summed E-state index contributed by atoms with van der Waals surface area (Å²) in [6, 6.07) is 3.26. The molecule has 0 saturated heterocycles. The highest BCUT2D eigenvalue weighted by atomic mass is 16.4.